The van der Waals surface area contributed by atoms with Crippen LogP contribution in [0.25, 0.3) is 17.4 Å². The van der Waals surface area contributed by atoms with E-state index in [4.69, 9.17) is 27.6 Å². The maximum Gasteiger partial charge on any atom is 0.255 e. The summed E-state index contributed by atoms with van der Waals surface area (Å²) in [6, 6.07) is 24.5. The second-order valence-electron chi connectivity index (χ2n) is 7.08. The lowest BCUT2D eigenvalue weighted by atomic mass is 10.2. The van der Waals surface area contributed by atoms with Crippen LogP contribution in [0.2, 0.25) is 10.0 Å². The molecule has 33 heavy (non-hydrogen) atoms. The lowest BCUT2D eigenvalue weighted by Crippen LogP contribution is -2.12. The van der Waals surface area contributed by atoms with Crippen LogP contribution >= 0.6 is 23.2 Å². The minimum atomic E-state index is -0.342. The van der Waals surface area contributed by atoms with Crippen LogP contribution in [0.3, 0.4) is 0 Å². The molecule has 0 bridgehead atoms. The molecule has 2 N–H and O–H groups in total. The Labute approximate surface area is 200 Å². The van der Waals surface area contributed by atoms with Crippen molar-refractivity contribution in [1.82, 2.24) is 0 Å². The minimum Gasteiger partial charge on any atom is -0.457 e. The molecule has 4 aromatic rings. The Morgan fingerprint density at radius 2 is 1.45 bits per heavy atom. The quantitative estimate of drug-likeness (QED) is 0.290. The van der Waals surface area contributed by atoms with Gasteiger partial charge in [-0.05, 0) is 66.7 Å². The highest BCUT2D eigenvalue weighted by molar-refractivity contribution is 6.35. The number of hydrogen-bond donors (Lipinski definition) is 2. The third kappa shape index (κ3) is 6.13. The molecule has 0 aliphatic rings. The van der Waals surface area contributed by atoms with Gasteiger partial charge >= 0.3 is 0 Å². The number of rotatable bonds is 6. The van der Waals surface area contributed by atoms with Crippen molar-refractivity contribution in [2.45, 2.75) is 0 Å². The first-order chi connectivity index (χ1) is 16.0. The second-order valence-corrected chi connectivity index (χ2v) is 7.96. The predicted molar refractivity (Wildman–Crippen MR) is 133 cm³/mol. The molecule has 2 amide bonds. The lowest BCUT2D eigenvalue weighted by molar-refractivity contribution is -0.111. The van der Waals surface area contributed by atoms with Gasteiger partial charge in [0.25, 0.3) is 5.91 Å². The fraction of sp³-hybridized carbons (Fsp3) is 0. The molecule has 7 heteroatoms. The third-order valence-electron chi connectivity index (χ3n) is 4.60. The molecule has 1 aromatic heterocycles. The highest BCUT2D eigenvalue weighted by Crippen LogP contribution is 2.29. The van der Waals surface area contributed by atoms with Gasteiger partial charge in [-0.2, -0.15) is 0 Å². The van der Waals surface area contributed by atoms with E-state index in [0.717, 1.165) is 5.56 Å². The zero-order chi connectivity index (χ0) is 23.2. The van der Waals surface area contributed by atoms with E-state index < -0.39 is 0 Å². The summed E-state index contributed by atoms with van der Waals surface area (Å²) in [5, 5.41) is 6.59. The van der Waals surface area contributed by atoms with Crippen LogP contribution in [0.4, 0.5) is 11.4 Å². The van der Waals surface area contributed by atoms with Gasteiger partial charge in [-0.3, -0.25) is 9.59 Å². The van der Waals surface area contributed by atoms with Gasteiger partial charge in [-0.25, -0.2) is 0 Å². The highest BCUT2D eigenvalue weighted by Gasteiger charge is 2.08. The average molecular weight is 477 g/mol. The van der Waals surface area contributed by atoms with Crippen LogP contribution in [-0.4, -0.2) is 11.8 Å². The zero-order valence-electron chi connectivity index (χ0n) is 17.2. The van der Waals surface area contributed by atoms with Crippen molar-refractivity contribution in [3.8, 4) is 11.3 Å². The number of nitrogens with one attached hydrogen (secondary N) is 2. The smallest absolute Gasteiger partial charge is 0.255 e. The summed E-state index contributed by atoms with van der Waals surface area (Å²) in [6.07, 6.45) is 2.93. The lowest BCUT2D eigenvalue weighted by Gasteiger charge is -2.08. The zero-order valence-corrected chi connectivity index (χ0v) is 18.7. The van der Waals surface area contributed by atoms with E-state index in [-0.39, 0.29) is 11.8 Å². The summed E-state index contributed by atoms with van der Waals surface area (Å²) in [5.41, 5.74) is 2.41. The molecule has 0 saturated carbocycles. The Morgan fingerprint density at radius 1 is 0.758 bits per heavy atom. The second kappa shape index (κ2) is 10.2. The predicted octanol–water partition coefficient (Wildman–Crippen LogP) is 7.16. The third-order valence-corrected chi connectivity index (χ3v) is 5.03. The molecule has 1 heterocycles. The van der Waals surface area contributed by atoms with Crippen molar-refractivity contribution in [3.05, 3.63) is 112 Å². The van der Waals surface area contributed by atoms with Crippen LogP contribution in [0.15, 0.2) is 95.4 Å². The summed E-state index contributed by atoms with van der Waals surface area (Å²) in [6.45, 7) is 0. The topological polar surface area (TPSA) is 71.3 Å². The van der Waals surface area contributed by atoms with Crippen molar-refractivity contribution in [2.75, 3.05) is 10.6 Å². The standard InChI is InChI=1S/C26H18Cl2N2O3/c27-19-13-18(14-20(28)15-19)24-11-9-23(33-24)10-12-25(31)29-21-7-4-8-22(16-21)30-26(32)17-5-2-1-3-6-17/h1-16H,(H,29,31)(H,30,32)/b12-10+. The molecule has 0 aliphatic carbocycles. The van der Waals surface area contributed by atoms with Crippen molar-refractivity contribution in [3.63, 3.8) is 0 Å². The number of hydrogen-bond acceptors (Lipinski definition) is 3. The van der Waals surface area contributed by atoms with Crippen LogP contribution in [0, 0.1) is 0 Å². The van der Waals surface area contributed by atoms with E-state index in [2.05, 4.69) is 10.6 Å². The Hall–Kier alpha value is -3.80. The van der Waals surface area contributed by atoms with Gasteiger partial charge in [0.2, 0.25) is 5.91 Å². The fourth-order valence-electron chi connectivity index (χ4n) is 3.10. The number of carbonyl (C=O) groups is 2. The molecule has 0 saturated heterocycles. The van der Waals surface area contributed by atoms with E-state index in [9.17, 15) is 9.59 Å². The Bertz CT molecular complexity index is 1310. The molecule has 0 fully saturated rings. The maximum absolute atomic E-state index is 12.3. The SMILES string of the molecule is O=C(/C=C/c1ccc(-c2cc(Cl)cc(Cl)c2)o1)Nc1cccc(NC(=O)c2ccccc2)c1. The molecule has 5 nitrogen and oxygen atoms in total. The van der Waals surface area contributed by atoms with Crippen LogP contribution in [0.5, 0.6) is 0 Å². The molecular weight excluding hydrogens is 459 g/mol. The molecule has 0 unspecified atom stereocenters. The van der Waals surface area contributed by atoms with Gasteiger partial charge in [-0.15, -0.1) is 0 Å². The first-order valence-corrected chi connectivity index (χ1v) is 10.7. The monoisotopic (exact) mass is 476 g/mol. The summed E-state index contributed by atoms with van der Waals surface area (Å²) < 4.78 is 5.75. The molecule has 0 radical (unpaired) electrons. The minimum absolute atomic E-state index is 0.228. The van der Waals surface area contributed by atoms with Gasteiger partial charge in [0.05, 0.1) is 0 Å². The number of amides is 2. The molecule has 0 aliphatic heterocycles. The van der Waals surface area contributed by atoms with Crippen molar-refractivity contribution in [2.24, 2.45) is 0 Å². The van der Waals surface area contributed by atoms with Crippen LogP contribution < -0.4 is 10.6 Å². The number of carbonyl (C=O) groups excluding carboxylic acids is 2. The van der Waals surface area contributed by atoms with E-state index in [1.165, 1.54) is 6.08 Å². The van der Waals surface area contributed by atoms with Crippen molar-refractivity contribution < 1.29 is 14.0 Å². The van der Waals surface area contributed by atoms with E-state index >= 15 is 0 Å². The Morgan fingerprint density at radius 3 is 2.18 bits per heavy atom. The molecule has 164 valence electrons. The first kappa shape index (κ1) is 22.4. The molecule has 0 spiro atoms. The first-order valence-electron chi connectivity index (χ1n) is 9.98. The summed E-state index contributed by atoms with van der Waals surface area (Å²) in [4.78, 5) is 24.7. The van der Waals surface area contributed by atoms with Gasteiger partial charge in [0.15, 0.2) is 0 Å². The van der Waals surface area contributed by atoms with Crippen molar-refractivity contribution >= 4 is 52.5 Å². The van der Waals surface area contributed by atoms with Crippen LogP contribution in [-0.2, 0) is 4.79 Å². The summed E-state index contributed by atoms with van der Waals surface area (Å²) >= 11 is 12.1. The van der Waals surface area contributed by atoms with Crippen LogP contribution in [0.1, 0.15) is 16.1 Å². The highest BCUT2D eigenvalue weighted by atomic mass is 35.5. The fourth-order valence-corrected chi connectivity index (χ4v) is 3.63. The molecule has 4 rings (SSSR count). The number of benzene rings is 3. The summed E-state index contributed by atoms with van der Waals surface area (Å²) in [7, 11) is 0. The van der Waals surface area contributed by atoms with Gasteiger partial charge in [0, 0.05) is 38.6 Å². The maximum atomic E-state index is 12.3. The molecule has 3 aromatic carbocycles. The molecular formula is C26H18Cl2N2O3. The summed E-state index contributed by atoms with van der Waals surface area (Å²) in [5.74, 6) is 0.514. The largest absolute Gasteiger partial charge is 0.457 e. The van der Waals surface area contributed by atoms with Crippen molar-refractivity contribution in [1.29, 1.82) is 0 Å². The van der Waals surface area contributed by atoms with Gasteiger partial charge in [-0.1, -0.05) is 47.5 Å². The normalized spacial score (nSPS) is 10.8. The molecule has 0 atom stereocenters. The Kier molecular flexibility index (Phi) is 6.93. The van der Waals surface area contributed by atoms with E-state index in [1.54, 1.807) is 84.9 Å². The van der Waals surface area contributed by atoms with E-state index in [1.807, 2.05) is 6.07 Å². The number of anilines is 2. The van der Waals surface area contributed by atoms with Gasteiger partial charge < -0.3 is 15.1 Å². The number of furan rings is 1. The average Bonchev–Trinajstić information content (AvgIpc) is 3.27. The Balaban J connectivity index is 1.38. The van der Waals surface area contributed by atoms with Gasteiger partial charge in [0.1, 0.15) is 11.5 Å². The number of halogens is 2. The van der Waals surface area contributed by atoms with E-state index in [0.29, 0.717) is 38.5 Å².